The highest BCUT2D eigenvalue weighted by atomic mass is 16.5. The highest BCUT2D eigenvalue weighted by molar-refractivity contribution is 5.29. The number of likely N-dealkylation sites (tertiary alicyclic amines) is 1. The van der Waals surface area contributed by atoms with E-state index in [4.69, 9.17) is 4.74 Å². The first-order valence-electron chi connectivity index (χ1n) is 8.65. The van der Waals surface area contributed by atoms with Gasteiger partial charge in [-0.05, 0) is 49.6 Å². The monoisotopic (exact) mass is 302 g/mol. The predicted molar refractivity (Wildman–Crippen MR) is 85.9 cm³/mol. The van der Waals surface area contributed by atoms with Crippen molar-refractivity contribution in [2.45, 2.75) is 25.7 Å². The van der Waals surface area contributed by atoms with Crippen molar-refractivity contribution in [2.75, 3.05) is 50.8 Å². The number of hydrogen-bond acceptors (Lipinski definition) is 5. The molecule has 1 atom stereocenters. The van der Waals surface area contributed by atoms with E-state index in [0.29, 0.717) is 5.41 Å². The first-order chi connectivity index (χ1) is 10.8. The molecule has 5 nitrogen and oxygen atoms in total. The van der Waals surface area contributed by atoms with Gasteiger partial charge < -0.3 is 14.5 Å². The zero-order valence-corrected chi connectivity index (χ0v) is 13.3. The van der Waals surface area contributed by atoms with Gasteiger partial charge in [0.15, 0.2) is 0 Å². The van der Waals surface area contributed by atoms with Gasteiger partial charge in [0, 0.05) is 45.2 Å². The fourth-order valence-electron chi connectivity index (χ4n) is 4.32. The fraction of sp³-hybridized carbons (Fsp3) is 0.765. The Hall–Kier alpha value is -1.20. The lowest BCUT2D eigenvalue weighted by Gasteiger charge is -2.39. The minimum atomic E-state index is 0.546. The van der Waals surface area contributed by atoms with Crippen molar-refractivity contribution in [1.29, 1.82) is 0 Å². The molecule has 3 saturated heterocycles. The summed E-state index contributed by atoms with van der Waals surface area (Å²) in [5.74, 6) is 1.67. The summed E-state index contributed by atoms with van der Waals surface area (Å²) in [5, 5.41) is 0. The molecule has 22 heavy (non-hydrogen) atoms. The molecule has 1 spiro atoms. The van der Waals surface area contributed by atoms with Crippen LogP contribution >= 0.6 is 0 Å². The molecule has 1 aromatic rings. The molecule has 4 heterocycles. The number of piperidine rings is 1. The molecule has 1 unspecified atom stereocenters. The summed E-state index contributed by atoms with van der Waals surface area (Å²) < 4.78 is 5.52. The van der Waals surface area contributed by atoms with Gasteiger partial charge in [-0.15, -0.1) is 0 Å². The van der Waals surface area contributed by atoms with Crippen LogP contribution in [0.4, 0.5) is 5.95 Å². The molecule has 4 rings (SSSR count). The van der Waals surface area contributed by atoms with E-state index in [1.165, 1.54) is 45.3 Å². The Morgan fingerprint density at radius 1 is 1.14 bits per heavy atom. The van der Waals surface area contributed by atoms with Gasteiger partial charge in [0.25, 0.3) is 0 Å². The third-order valence-corrected chi connectivity index (χ3v) is 5.72. The van der Waals surface area contributed by atoms with Crippen LogP contribution in [0.1, 0.15) is 25.7 Å². The first-order valence-corrected chi connectivity index (χ1v) is 8.65. The molecular formula is C17H26N4O. The van der Waals surface area contributed by atoms with Crippen molar-refractivity contribution in [3.05, 3.63) is 18.5 Å². The van der Waals surface area contributed by atoms with E-state index in [9.17, 15) is 0 Å². The van der Waals surface area contributed by atoms with Crippen molar-refractivity contribution in [2.24, 2.45) is 11.3 Å². The van der Waals surface area contributed by atoms with Gasteiger partial charge in [-0.1, -0.05) is 0 Å². The van der Waals surface area contributed by atoms with Gasteiger partial charge in [-0.3, -0.25) is 0 Å². The molecule has 0 aromatic carbocycles. The summed E-state index contributed by atoms with van der Waals surface area (Å²) in [6.45, 7) is 7.95. The fourth-order valence-corrected chi connectivity index (χ4v) is 4.32. The van der Waals surface area contributed by atoms with Crippen LogP contribution in [0, 0.1) is 11.3 Å². The molecule has 5 heteroatoms. The molecule has 0 bridgehead atoms. The Morgan fingerprint density at radius 2 is 1.91 bits per heavy atom. The van der Waals surface area contributed by atoms with Crippen molar-refractivity contribution < 1.29 is 4.74 Å². The lowest BCUT2D eigenvalue weighted by atomic mass is 9.78. The van der Waals surface area contributed by atoms with E-state index in [0.717, 1.165) is 38.2 Å². The van der Waals surface area contributed by atoms with Crippen LogP contribution in [-0.4, -0.2) is 60.8 Å². The standard InChI is InChI=1S/C17H26N4O/c1-6-18-16(19-7-1)21-9-4-17(5-10-21)3-8-20(14-17)12-15-2-11-22-13-15/h1,6-7,15H,2-5,8-14H2. The lowest BCUT2D eigenvalue weighted by molar-refractivity contribution is 0.163. The minimum Gasteiger partial charge on any atom is -0.381 e. The second-order valence-electron chi connectivity index (χ2n) is 7.25. The Kier molecular flexibility index (Phi) is 4.01. The topological polar surface area (TPSA) is 41.5 Å². The van der Waals surface area contributed by atoms with Gasteiger partial charge in [0.05, 0.1) is 6.61 Å². The average molecular weight is 302 g/mol. The van der Waals surface area contributed by atoms with E-state index >= 15 is 0 Å². The molecule has 0 amide bonds. The van der Waals surface area contributed by atoms with Gasteiger partial charge in [-0.25, -0.2) is 9.97 Å². The number of aromatic nitrogens is 2. The smallest absolute Gasteiger partial charge is 0.225 e. The maximum atomic E-state index is 5.52. The molecule has 3 fully saturated rings. The van der Waals surface area contributed by atoms with Crippen LogP contribution in [0.5, 0.6) is 0 Å². The van der Waals surface area contributed by atoms with Crippen molar-refractivity contribution in [3.63, 3.8) is 0 Å². The van der Waals surface area contributed by atoms with E-state index in [2.05, 4.69) is 19.8 Å². The van der Waals surface area contributed by atoms with Crippen molar-refractivity contribution in [1.82, 2.24) is 14.9 Å². The first kappa shape index (κ1) is 14.4. The van der Waals surface area contributed by atoms with Crippen LogP contribution in [0.15, 0.2) is 18.5 Å². The second kappa shape index (κ2) is 6.13. The minimum absolute atomic E-state index is 0.546. The van der Waals surface area contributed by atoms with Gasteiger partial charge in [0.1, 0.15) is 0 Å². The second-order valence-corrected chi connectivity index (χ2v) is 7.25. The van der Waals surface area contributed by atoms with Crippen molar-refractivity contribution in [3.8, 4) is 0 Å². The number of rotatable bonds is 3. The number of anilines is 1. The zero-order valence-electron chi connectivity index (χ0n) is 13.3. The van der Waals surface area contributed by atoms with E-state index in [-0.39, 0.29) is 0 Å². The van der Waals surface area contributed by atoms with E-state index in [1.54, 1.807) is 0 Å². The molecule has 0 saturated carbocycles. The van der Waals surface area contributed by atoms with Crippen LogP contribution in [0.25, 0.3) is 0 Å². The van der Waals surface area contributed by atoms with Crippen LogP contribution in [-0.2, 0) is 4.74 Å². The van der Waals surface area contributed by atoms with Crippen LogP contribution in [0.2, 0.25) is 0 Å². The highest BCUT2D eigenvalue weighted by Gasteiger charge is 2.41. The van der Waals surface area contributed by atoms with Gasteiger partial charge >= 0.3 is 0 Å². The molecule has 1 aromatic heterocycles. The summed E-state index contributed by atoms with van der Waals surface area (Å²) in [7, 11) is 0. The Balaban J connectivity index is 1.31. The predicted octanol–water partition coefficient (Wildman–Crippen LogP) is 1.81. The van der Waals surface area contributed by atoms with Gasteiger partial charge in [0.2, 0.25) is 5.95 Å². The summed E-state index contributed by atoms with van der Waals surface area (Å²) in [6.07, 6.45) is 8.86. The highest BCUT2D eigenvalue weighted by Crippen LogP contribution is 2.41. The summed E-state index contributed by atoms with van der Waals surface area (Å²) in [4.78, 5) is 13.8. The van der Waals surface area contributed by atoms with E-state index in [1.807, 2.05) is 18.5 Å². The Bertz CT molecular complexity index is 481. The lowest BCUT2D eigenvalue weighted by Crippen LogP contribution is -2.42. The molecular weight excluding hydrogens is 276 g/mol. The largest absolute Gasteiger partial charge is 0.381 e. The third kappa shape index (κ3) is 2.97. The quantitative estimate of drug-likeness (QED) is 0.852. The summed E-state index contributed by atoms with van der Waals surface area (Å²) in [6, 6.07) is 1.89. The number of ether oxygens (including phenoxy) is 1. The average Bonchev–Trinajstić information content (AvgIpc) is 3.20. The van der Waals surface area contributed by atoms with E-state index < -0.39 is 0 Å². The Labute approximate surface area is 132 Å². The maximum Gasteiger partial charge on any atom is 0.225 e. The molecule has 0 radical (unpaired) electrons. The van der Waals surface area contributed by atoms with Crippen molar-refractivity contribution >= 4 is 5.95 Å². The van der Waals surface area contributed by atoms with Crippen LogP contribution in [0.3, 0.4) is 0 Å². The Morgan fingerprint density at radius 3 is 2.64 bits per heavy atom. The molecule has 0 aliphatic carbocycles. The summed E-state index contributed by atoms with van der Waals surface area (Å²) >= 11 is 0. The SMILES string of the molecule is c1cnc(N2CCC3(CCN(CC4CCOC4)C3)CC2)nc1. The van der Waals surface area contributed by atoms with Gasteiger partial charge in [-0.2, -0.15) is 0 Å². The zero-order chi connectivity index (χ0) is 14.8. The maximum absolute atomic E-state index is 5.52. The normalized spacial score (nSPS) is 28.5. The summed E-state index contributed by atoms with van der Waals surface area (Å²) in [5.41, 5.74) is 0.546. The molecule has 3 aliphatic heterocycles. The third-order valence-electron chi connectivity index (χ3n) is 5.72. The molecule has 3 aliphatic rings. The molecule has 120 valence electrons. The molecule has 0 N–H and O–H groups in total. The van der Waals surface area contributed by atoms with Crippen LogP contribution < -0.4 is 4.90 Å². The number of hydrogen-bond donors (Lipinski definition) is 0. The number of nitrogens with zero attached hydrogens (tertiary/aromatic N) is 4.